The Bertz CT molecular complexity index is 1050. The van der Waals surface area contributed by atoms with Gasteiger partial charge in [0.15, 0.2) is 11.6 Å². The first kappa shape index (κ1) is 18.4. The van der Waals surface area contributed by atoms with Crippen molar-refractivity contribution in [1.29, 1.82) is 0 Å². The van der Waals surface area contributed by atoms with E-state index >= 15 is 8.78 Å². The molecule has 7 nitrogen and oxygen atoms in total. The Morgan fingerprint density at radius 1 is 1.24 bits per heavy atom. The first-order chi connectivity index (χ1) is 13.9. The first-order valence-corrected chi connectivity index (χ1v) is 9.90. The van der Waals surface area contributed by atoms with E-state index in [4.69, 9.17) is 5.11 Å². The smallest absolute Gasteiger partial charge is 0.449 e. The van der Waals surface area contributed by atoms with Crippen molar-refractivity contribution in [2.45, 2.75) is 37.8 Å². The predicted octanol–water partition coefficient (Wildman–Crippen LogP) is 2.86. The largest absolute Gasteiger partial charge is 0.511 e. The maximum absolute atomic E-state index is 15.7. The number of halogens is 2. The molecule has 9 heteroatoms. The number of fused-ring (bicyclic) bond motifs is 2. The molecule has 154 valence electrons. The lowest BCUT2D eigenvalue weighted by Gasteiger charge is -2.24. The third-order valence-corrected chi connectivity index (χ3v) is 6.20. The van der Waals surface area contributed by atoms with Gasteiger partial charge in [-0.05, 0) is 44.2 Å². The molecular weight excluding hydrogens is 384 g/mol. The van der Waals surface area contributed by atoms with Crippen LogP contribution in [0.2, 0.25) is 0 Å². The first-order valence-electron chi connectivity index (χ1n) is 9.90. The average Bonchev–Trinajstić information content (AvgIpc) is 3.43. The van der Waals surface area contributed by atoms with Crippen molar-refractivity contribution in [3.05, 3.63) is 34.1 Å². The fourth-order valence-corrected chi connectivity index (χ4v) is 4.73. The normalized spacial score (nSPS) is 24.0. The van der Waals surface area contributed by atoms with Crippen LogP contribution in [0.25, 0.3) is 10.9 Å². The number of carbonyl (C=O) groups is 1. The maximum atomic E-state index is 15.7. The fourth-order valence-electron chi connectivity index (χ4n) is 4.73. The molecule has 1 aromatic carbocycles. The highest BCUT2D eigenvalue weighted by Gasteiger charge is 2.38. The SMILES string of the molecule is O=C(O)Oc1cn(C2CC2)c2c(F)c(N3C[C@H]4CCCN[C@H]4C3)c(F)cc2c1=O. The standard InChI is InChI=1S/C20H21F2N3O4/c21-13-6-12-17(25(11-3-4-11)9-15(19(12)26)29-20(27)28)16(22)18(13)24-7-10-2-1-5-23-14(10)8-24/h6,9-11,14,23H,1-5,7-8H2,(H,27,28)/t10-,14+/m1/s1. The van der Waals surface area contributed by atoms with Crippen molar-refractivity contribution < 1.29 is 23.4 Å². The second-order valence-corrected chi connectivity index (χ2v) is 8.11. The summed E-state index contributed by atoms with van der Waals surface area (Å²) >= 11 is 0. The minimum absolute atomic E-state index is 0.00877. The molecule has 0 radical (unpaired) electrons. The van der Waals surface area contributed by atoms with Gasteiger partial charge >= 0.3 is 6.16 Å². The summed E-state index contributed by atoms with van der Waals surface area (Å²) in [5.41, 5.74) is -0.940. The van der Waals surface area contributed by atoms with E-state index in [1.54, 1.807) is 4.90 Å². The van der Waals surface area contributed by atoms with Crippen LogP contribution < -0.4 is 20.4 Å². The van der Waals surface area contributed by atoms with Crippen LogP contribution in [-0.2, 0) is 0 Å². The molecular formula is C20H21F2N3O4. The molecule has 0 spiro atoms. The van der Waals surface area contributed by atoms with Gasteiger partial charge in [-0.3, -0.25) is 4.79 Å². The molecule has 2 N–H and O–H groups in total. The lowest BCUT2D eigenvalue weighted by molar-refractivity contribution is 0.143. The molecule has 2 saturated heterocycles. The van der Waals surface area contributed by atoms with Gasteiger partial charge in [0.25, 0.3) is 0 Å². The van der Waals surface area contributed by atoms with Gasteiger partial charge < -0.3 is 24.6 Å². The van der Waals surface area contributed by atoms with E-state index in [-0.39, 0.29) is 28.7 Å². The summed E-state index contributed by atoms with van der Waals surface area (Å²) in [4.78, 5) is 25.3. The van der Waals surface area contributed by atoms with Crippen molar-refractivity contribution in [1.82, 2.24) is 9.88 Å². The molecule has 5 rings (SSSR count). The molecule has 2 aromatic rings. The van der Waals surface area contributed by atoms with Crippen LogP contribution in [0.15, 0.2) is 17.1 Å². The number of hydrogen-bond donors (Lipinski definition) is 2. The molecule has 1 aliphatic carbocycles. The number of carboxylic acid groups (broad SMARTS) is 1. The van der Waals surface area contributed by atoms with Crippen LogP contribution in [0.4, 0.5) is 19.3 Å². The quantitative estimate of drug-likeness (QED) is 0.764. The minimum atomic E-state index is -1.64. The van der Waals surface area contributed by atoms with Gasteiger partial charge in [0.05, 0.1) is 17.1 Å². The van der Waals surface area contributed by atoms with Crippen LogP contribution >= 0.6 is 0 Å². The van der Waals surface area contributed by atoms with E-state index in [0.29, 0.717) is 19.0 Å². The number of hydrogen-bond acceptors (Lipinski definition) is 5. The number of aromatic nitrogens is 1. The second kappa shape index (κ2) is 6.69. The van der Waals surface area contributed by atoms with Gasteiger partial charge in [-0.2, -0.15) is 0 Å². The lowest BCUT2D eigenvalue weighted by Crippen LogP contribution is -2.40. The summed E-state index contributed by atoms with van der Waals surface area (Å²) in [6, 6.07) is 1.15. The van der Waals surface area contributed by atoms with Crippen LogP contribution in [-0.4, -0.2) is 41.5 Å². The molecule has 0 amide bonds. The van der Waals surface area contributed by atoms with E-state index < -0.39 is 29.0 Å². The van der Waals surface area contributed by atoms with Crippen molar-refractivity contribution >= 4 is 22.7 Å². The number of rotatable bonds is 3. The molecule has 3 fully saturated rings. The van der Waals surface area contributed by atoms with Gasteiger partial charge in [0, 0.05) is 25.2 Å². The maximum Gasteiger partial charge on any atom is 0.511 e. The van der Waals surface area contributed by atoms with Gasteiger partial charge in [0.1, 0.15) is 11.5 Å². The molecule has 3 heterocycles. The molecule has 29 heavy (non-hydrogen) atoms. The summed E-state index contributed by atoms with van der Waals surface area (Å²) in [6.45, 7) is 1.98. The van der Waals surface area contributed by atoms with E-state index in [9.17, 15) is 9.59 Å². The van der Waals surface area contributed by atoms with E-state index in [0.717, 1.165) is 38.3 Å². The number of pyridine rings is 1. The van der Waals surface area contributed by atoms with Crippen LogP contribution in [0.5, 0.6) is 5.75 Å². The van der Waals surface area contributed by atoms with Gasteiger partial charge in [0.2, 0.25) is 5.43 Å². The zero-order valence-corrected chi connectivity index (χ0v) is 15.7. The topological polar surface area (TPSA) is 83.8 Å². The number of ether oxygens (including phenoxy) is 1. The Kier molecular flexibility index (Phi) is 4.23. The molecule has 1 aromatic heterocycles. The van der Waals surface area contributed by atoms with Crippen LogP contribution in [0.1, 0.15) is 31.7 Å². The summed E-state index contributed by atoms with van der Waals surface area (Å²) in [6.07, 6.45) is 3.20. The molecule has 0 unspecified atom stereocenters. The van der Waals surface area contributed by atoms with Gasteiger partial charge in [-0.1, -0.05) is 0 Å². The summed E-state index contributed by atoms with van der Waals surface area (Å²) in [5, 5.41) is 12.1. The van der Waals surface area contributed by atoms with E-state index in [1.165, 1.54) is 10.8 Å². The second-order valence-electron chi connectivity index (χ2n) is 8.11. The third kappa shape index (κ3) is 3.04. The van der Waals surface area contributed by atoms with Crippen LogP contribution in [0.3, 0.4) is 0 Å². The average molecular weight is 405 g/mol. The monoisotopic (exact) mass is 405 g/mol. The molecule has 3 aliphatic rings. The van der Waals surface area contributed by atoms with Crippen molar-refractivity contribution in [2.24, 2.45) is 5.92 Å². The Morgan fingerprint density at radius 3 is 2.72 bits per heavy atom. The van der Waals surface area contributed by atoms with Crippen LogP contribution in [0, 0.1) is 17.6 Å². The van der Waals surface area contributed by atoms with Crippen molar-refractivity contribution in [3.8, 4) is 5.75 Å². The van der Waals surface area contributed by atoms with Crippen molar-refractivity contribution in [3.63, 3.8) is 0 Å². The zero-order valence-electron chi connectivity index (χ0n) is 15.7. The third-order valence-electron chi connectivity index (χ3n) is 6.20. The highest BCUT2D eigenvalue weighted by Crippen LogP contribution is 2.41. The molecule has 0 bridgehead atoms. The number of anilines is 1. The minimum Gasteiger partial charge on any atom is -0.449 e. The summed E-state index contributed by atoms with van der Waals surface area (Å²) in [7, 11) is 0. The van der Waals surface area contributed by atoms with Crippen molar-refractivity contribution in [2.75, 3.05) is 24.5 Å². The zero-order chi connectivity index (χ0) is 20.3. The van der Waals surface area contributed by atoms with E-state index in [2.05, 4.69) is 10.1 Å². The Morgan fingerprint density at radius 2 is 2.03 bits per heavy atom. The highest BCUT2D eigenvalue weighted by atomic mass is 19.1. The number of benzene rings is 1. The van der Waals surface area contributed by atoms with E-state index in [1.807, 2.05) is 0 Å². The molecule has 1 saturated carbocycles. The Hall–Kier alpha value is -2.68. The summed E-state index contributed by atoms with van der Waals surface area (Å²) < 4.78 is 36.8. The predicted molar refractivity (Wildman–Crippen MR) is 102 cm³/mol. The number of nitrogens with one attached hydrogen (secondary N) is 1. The number of piperidine rings is 1. The summed E-state index contributed by atoms with van der Waals surface area (Å²) in [5.74, 6) is -1.69. The molecule has 2 atom stereocenters. The lowest BCUT2D eigenvalue weighted by atomic mass is 9.94. The Balaban J connectivity index is 1.67. The van der Waals surface area contributed by atoms with Gasteiger partial charge in [-0.15, -0.1) is 0 Å². The van der Waals surface area contributed by atoms with Gasteiger partial charge in [-0.25, -0.2) is 13.6 Å². The fraction of sp³-hybridized carbons (Fsp3) is 0.500. The Labute approximate surface area is 164 Å². The highest BCUT2D eigenvalue weighted by molar-refractivity contribution is 5.86. The molecule has 2 aliphatic heterocycles. The number of nitrogens with zero attached hydrogens (tertiary/aromatic N) is 2.